The van der Waals surface area contributed by atoms with Crippen LogP contribution < -0.4 is 11.1 Å². The predicted octanol–water partition coefficient (Wildman–Crippen LogP) is 0.451. The fourth-order valence-corrected chi connectivity index (χ4v) is 2.28. The van der Waals surface area contributed by atoms with Crippen LogP contribution in [0.5, 0.6) is 0 Å². The standard InChI is InChI=1S/C9H18N2O/c10-7-8-1-3-9(4-2-8)11-5-6-12-9/h8,11H,1-7,10H2. The van der Waals surface area contributed by atoms with Crippen molar-refractivity contribution < 1.29 is 4.74 Å². The van der Waals surface area contributed by atoms with Crippen LogP contribution in [0.3, 0.4) is 0 Å². The summed E-state index contributed by atoms with van der Waals surface area (Å²) >= 11 is 0. The van der Waals surface area contributed by atoms with Gasteiger partial charge in [-0.15, -0.1) is 0 Å². The molecule has 1 spiro atoms. The smallest absolute Gasteiger partial charge is 0.119 e. The van der Waals surface area contributed by atoms with E-state index in [4.69, 9.17) is 10.5 Å². The Balaban J connectivity index is 1.88. The summed E-state index contributed by atoms with van der Waals surface area (Å²) in [5.74, 6) is 0.738. The molecule has 0 amide bonds. The van der Waals surface area contributed by atoms with Gasteiger partial charge in [0.25, 0.3) is 0 Å². The average Bonchev–Trinajstić information content (AvgIpc) is 2.55. The van der Waals surface area contributed by atoms with Gasteiger partial charge in [0.05, 0.1) is 6.61 Å². The summed E-state index contributed by atoms with van der Waals surface area (Å²) in [7, 11) is 0. The molecule has 0 aromatic carbocycles. The molecule has 0 radical (unpaired) electrons. The minimum absolute atomic E-state index is 0.0473. The van der Waals surface area contributed by atoms with Gasteiger partial charge in [-0.2, -0.15) is 0 Å². The quantitative estimate of drug-likeness (QED) is 0.600. The molecule has 2 fully saturated rings. The molecule has 1 saturated carbocycles. The van der Waals surface area contributed by atoms with E-state index < -0.39 is 0 Å². The van der Waals surface area contributed by atoms with Gasteiger partial charge in [0.1, 0.15) is 5.72 Å². The summed E-state index contributed by atoms with van der Waals surface area (Å²) in [6, 6.07) is 0. The number of ether oxygens (including phenoxy) is 1. The van der Waals surface area contributed by atoms with Crippen molar-refractivity contribution in [2.45, 2.75) is 31.4 Å². The minimum Gasteiger partial charge on any atom is -0.359 e. The first-order chi connectivity index (χ1) is 5.85. The number of nitrogens with two attached hydrogens (primary N) is 1. The first kappa shape index (κ1) is 8.48. The monoisotopic (exact) mass is 170 g/mol. The second kappa shape index (κ2) is 3.32. The highest BCUT2D eigenvalue weighted by molar-refractivity contribution is 4.88. The molecule has 3 heteroatoms. The van der Waals surface area contributed by atoms with Crippen molar-refractivity contribution in [1.29, 1.82) is 0 Å². The van der Waals surface area contributed by atoms with Crippen LogP contribution in [0.4, 0.5) is 0 Å². The molecule has 2 aliphatic rings. The van der Waals surface area contributed by atoms with Crippen LogP contribution in [-0.2, 0) is 4.74 Å². The third kappa shape index (κ3) is 1.49. The van der Waals surface area contributed by atoms with Gasteiger partial charge >= 0.3 is 0 Å². The molecule has 3 N–H and O–H groups in total. The van der Waals surface area contributed by atoms with E-state index in [0.717, 1.165) is 38.5 Å². The van der Waals surface area contributed by atoms with E-state index in [1.807, 2.05) is 0 Å². The second-order valence-corrected chi connectivity index (χ2v) is 3.95. The molecule has 1 heterocycles. The zero-order valence-electron chi connectivity index (χ0n) is 7.51. The maximum Gasteiger partial charge on any atom is 0.119 e. The zero-order chi connectivity index (χ0) is 8.44. The third-order valence-corrected chi connectivity index (χ3v) is 3.17. The third-order valence-electron chi connectivity index (χ3n) is 3.17. The maximum atomic E-state index is 5.72. The molecule has 0 atom stereocenters. The van der Waals surface area contributed by atoms with Crippen LogP contribution in [0.15, 0.2) is 0 Å². The van der Waals surface area contributed by atoms with E-state index in [0.29, 0.717) is 0 Å². The van der Waals surface area contributed by atoms with Crippen LogP contribution in [0.1, 0.15) is 25.7 Å². The molecular formula is C9H18N2O. The average molecular weight is 170 g/mol. The van der Waals surface area contributed by atoms with Crippen molar-refractivity contribution in [3.05, 3.63) is 0 Å². The fraction of sp³-hybridized carbons (Fsp3) is 1.00. The van der Waals surface area contributed by atoms with Crippen molar-refractivity contribution in [2.75, 3.05) is 19.7 Å². The molecule has 12 heavy (non-hydrogen) atoms. The molecule has 1 saturated heterocycles. The molecule has 0 unspecified atom stereocenters. The van der Waals surface area contributed by atoms with Crippen molar-refractivity contribution in [1.82, 2.24) is 5.32 Å². The van der Waals surface area contributed by atoms with Crippen molar-refractivity contribution >= 4 is 0 Å². The lowest BCUT2D eigenvalue weighted by molar-refractivity contribution is -0.0475. The largest absolute Gasteiger partial charge is 0.359 e. The topological polar surface area (TPSA) is 47.3 Å². The summed E-state index contributed by atoms with van der Waals surface area (Å²) in [4.78, 5) is 0. The van der Waals surface area contributed by atoms with Gasteiger partial charge in [-0.05, 0) is 38.1 Å². The van der Waals surface area contributed by atoms with E-state index in [1.165, 1.54) is 12.8 Å². The van der Waals surface area contributed by atoms with Crippen LogP contribution in [0, 0.1) is 5.92 Å². The lowest BCUT2D eigenvalue weighted by atomic mass is 9.84. The first-order valence-corrected chi connectivity index (χ1v) is 4.94. The first-order valence-electron chi connectivity index (χ1n) is 4.94. The molecule has 2 rings (SSSR count). The molecule has 0 aromatic rings. The van der Waals surface area contributed by atoms with E-state index in [1.54, 1.807) is 0 Å². The highest BCUT2D eigenvalue weighted by Gasteiger charge is 2.38. The van der Waals surface area contributed by atoms with Gasteiger partial charge in [-0.25, -0.2) is 0 Å². The highest BCUT2D eigenvalue weighted by atomic mass is 16.5. The SMILES string of the molecule is NCC1CCC2(CC1)NCCO2. The maximum absolute atomic E-state index is 5.72. The number of hydrogen-bond acceptors (Lipinski definition) is 3. The number of nitrogens with one attached hydrogen (secondary N) is 1. The van der Waals surface area contributed by atoms with E-state index >= 15 is 0 Å². The van der Waals surface area contributed by atoms with Crippen molar-refractivity contribution in [3.63, 3.8) is 0 Å². The van der Waals surface area contributed by atoms with Crippen LogP contribution in [0.25, 0.3) is 0 Å². The Bertz CT molecular complexity index is 145. The summed E-state index contributed by atoms with van der Waals surface area (Å²) in [6.07, 6.45) is 4.75. The van der Waals surface area contributed by atoms with Gasteiger partial charge in [0.2, 0.25) is 0 Å². The predicted molar refractivity (Wildman–Crippen MR) is 47.7 cm³/mol. The highest BCUT2D eigenvalue weighted by Crippen LogP contribution is 2.34. The Morgan fingerprint density at radius 3 is 2.67 bits per heavy atom. The number of hydrogen-bond donors (Lipinski definition) is 2. The van der Waals surface area contributed by atoms with E-state index in [-0.39, 0.29) is 5.72 Å². The Morgan fingerprint density at radius 1 is 1.42 bits per heavy atom. The fourth-order valence-electron chi connectivity index (χ4n) is 2.28. The molecule has 0 bridgehead atoms. The lowest BCUT2D eigenvalue weighted by Crippen LogP contribution is -2.45. The Morgan fingerprint density at radius 2 is 2.17 bits per heavy atom. The van der Waals surface area contributed by atoms with Gasteiger partial charge in [0, 0.05) is 6.54 Å². The minimum atomic E-state index is 0.0473. The van der Waals surface area contributed by atoms with E-state index in [2.05, 4.69) is 5.32 Å². The van der Waals surface area contributed by atoms with Crippen molar-refractivity contribution in [2.24, 2.45) is 11.7 Å². The van der Waals surface area contributed by atoms with Gasteiger partial charge in [-0.3, -0.25) is 5.32 Å². The van der Waals surface area contributed by atoms with Gasteiger partial charge in [-0.1, -0.05) is 0 Å². The molecule has 0 aromatic heterocycles. The second-order valence-electron chi connectivity index (χ2n) is 3.95. The summed E-state index contributed by atoms with van der Waals surface area (Å²) in [5, 5.41) is 3.45. The van der Waals surface area contributed by atoms with Crippen molar-refractivity contribution in [3.8, 4) is 0 Å². The molecule has 3 nitrogen and oxygen atoms in total. The van der Waals surface area contributed by atoms with Crippen LogP contribution in [0.2, 0.25) is 0 Å². The summed E-state index contributed by atoms with van der Waals surface area (Å²) in [6.45, 7) is 2.75. The Hall–Kier alpha value is -0.120. The van der Waals surface area contributed by atoms with Gasteiger partial charge in [0.15, 0.2) is 0 Å². The van der Waals surface area contributed by atoms with Gasteiger partial charge < -0.3 is 10.5 Å². The Kier molecular flexibility index (Phi) is 2.35. The zero-order valence-corrected chi connectivity index (χ0v) is 7.51. The lowest BCUT2D eigenvalue weighted by Gasteiger charge is -2.36. The molecular weight excluding hydrogens is 152 g/mol. The molecule has 1 aliphatic carbocycles. The van der Waals surface area contributed by atoms with E-state index in [9.17, 15) is 0 Å². The molecule has 70 valence electrons. The van der Waals surface area contributed by atoms with Crippen LogP contribution in [-0.4, -0.2) is 25.4 Å². The normalized spacial score (nSPS) is 42.2. The molecule has 1 aliphatic heterocycles. The summed E-state index contributed by atoms with van der Waals surface area (Å²) in [5.41, 5.74) is 5.68. The summed E-state index contributed by atoms with van der Waals surface area (Å²) < 4.78 is 5.72. The van der Waals surface area contributed by atoms with Crippen LogP contribution >= 0.6 is 0 Å². The Labute approximate surface area is 73.7 Å². The number of rotatable bonds is 1.